The molecule has 0 saturated carbocycles. The van der Waals surface area contributed by atoms with E-state index in [0.29, 0.717) is 3.79 Å². The molecule has 0 aromatic carbocycles. The fourth-order valence-electron chi connectivity index (χ4n) is 0.657. The molecular formula is C6H6BrClF3NS. The van der Waals surface area contributed by atoms with Gasteiger partial charge in [0.1, 0.15) is 6.04 Å². The zero-order valence-corrected chi connectivity index (χ0v) is 9.36. The number of hydrogen-bond acceptors (Lipinski definition) is 2. The molecule has 76 valence electrons. The predicted molar refractivity (Wildman–Crippen MR) is 52.3 cm³/mol. The van der Waals surface area contributed by atoms with Gasteiger partial charge in [0.15, 0.2) is 0 Å². The Morgan fingerprint density at radius 1 is 1.38 bits per heavy atom. The summed E-state index contributed by atoms with van der Waals surface area (Å²) in [6.45, 7) is 0. The largest absolute Gasteiger partial charge is 0.408 e. The highest BCUT2D eigenvalue weighted by molar-refractivity contribution is 9.11. The van der Waals surface area contributed by atoms with Gasteiger partial charge in [-0.2, -0.15) is 13.2 Å². The van der Waals surface area contributed by atoms with E-state index in [0.717, 1.165) is 11.3 Å². The van der Waals surface area contributed by atoms with Crippen LogP contribution in [0.25, 0.3) is 0 Å². The lowest BCUT2D eigenvalue weighted by Gasteiger charge is -2.12. The molecule has 1 nitrogen and oxygen atoms in total. The molecule has 0 spiro atoms. The van der Waals surface area contributed by atoms with Gasteiger partial charge >= 0.3 is 6.18 Å². The Bertz CT molecular complexity index is 275. The average Bonchev–Trinajstić information content (AvgIpc) is 2.32. The van der Waals surface area contributed by atoms with Crippen LogP contribution < -0.4 is 5.73 Å². The standard InChI is InChI=1S/C6H5BrF3NS.ClH/c7-4-2-1-3(12-4)5(11)6(8,9)10;/h1-2,5H,11H2;1H/t5-;/m1./s1. The third-order valence-corrected chi connectivity index (χ3v) is 2.96. The molecule has 2 N–H and O–H groups in total. The summed E-state index contributed by atoms with van der Waals surface area (Å²) < 4.78 is 36.7. The summed E-state index contributed by atoms with van der Waals surface area (Å²) in [5.74, 6) is 0. The van der Waals surface area contributed by atoms with Crippen molar-refractivity contribution in [1.82, 2.24) is 0 Å². The first-order valence-electron chi connectivity index (χ1n) is 2.99. The molecule has 1 rings (SSSR count). The minimum atomic E-state index is -4.36. The first-order chi connectivity index (χ1) is 5.41. The van der Waals surface area contributed by atoms with E-state index >= 15 is 0 Å². The van der Waals surface area contributed by atoms with Crippen molar-refractivity contribution in [3.05, 3.63) is 20.8 Å². The molecule has 0 amide bonds. The third-order valence-electron chi connectivity index (χ3n) is 1.25. The van der Waals surface area contributed by atoms with Gasteiger partial charge < -0.3 is 5.73 Å². The number of halogens is 5. The van der Waals surface area contributed by atoms with E-state index < -0.39 is 12.2 Å². The molecule has 0 fully saturated rings. The minimum Gasteiger partial charge on any atom is -0.316 e. The SMILES string of the molecule is Cl.N[C@H](c1ccc(Br)s1)C(F)(F)F. The monoisotopic (exact) mass is 295 g/mol. The summed E-state index contributed by atoms with van der Waals surface area (Å²) in [5.41, 5.74) is 4.95. The molecule has 0 saturated heterocycles. The normalized spacial score (nSPS) is 13.6. The molecule has 7 heteroatoms. The summed E-state index contributed by atoms with van der Waals surface area (Å²) >= 11 is 4.06. The van der Waals surface area contributed by atoms with E-state index in [4.69, 9.17) is 5.73 Å². The van der Waals surface area contributed by atoms with Crippen LogP contribution in [0, 0.1) is 0 Å². The lowest BCUT2D eigenvalue weighted by Crippen LogP contribution is -2.27. The fourth-order valence-corrected chi connectivity index (χ4v) is 2.11. The molecule has 1 aromatic rings. The Balaban J connectivity index is 0.00000144. The molecule has 0 unspecified atom stereocenters. The van der Waals surface area contributed by atoms with Gasteiger partial charge in [-0.3, -0.25) is 0 Å². The van der Waals surface area contributed by atoms with Crippen molar-refractivity contribution < 1.29 is 13.2 Å². The molecular weight excluding hydrogens is 290 g/mol. The molecule has 0 bridgehead atoms. The predicted octanol–water partition coefficient (Wildman–Crippen LogP) is 3.49. The quantitative estimate of drug-likeness (QED) is 0.843. The van der Waals surface area contributed by atoms with Crippen molar-refractivity contribution in [2.45, 2.75) is 12.2 Å². The topological polar surface area (TPSA) is 26.0 Å². The summed E-state index contributed by atoms with van der Waals surface area (Å²) in [5, 5.41) is 0. The second-order valence-electron chi connectivity index (χ2n) is 2.16. The molecule has 1 aromatic heterocycles. The highest BCUT2D eigenvalue weighted by Gasteiger charge is 2.38. The maximum Gasteiger partial charge on any atom is 0.408 e. The van der Waals surface area contributed by atoms with Crippen LogP contribution in [0.5, 0.6) is 0 Å². The smallest absolute Gasteiger partial charge is 0.316 e. The molecule has 0 radical (unpaired) electrons. The molecule has 13 heavy (non-hydrogen) atoms. The Hall–Kier alpha value is 0.220. The molecule has 0 aliphatic rings. The van der Waals surface area contributed by atoms with Gasteiger partial charge in [0.2, 0.25) is 0 Å². The zero-order chi connectivity index (χ0) is 9.35. The van der Waals surface area contributed by atoms with Gasteiger partial charge in [0.05, 0.1) is 3.79 Å². The van der Waals surface area contributed by atoms with E-state index in [1.165, 1.54) is 6.07 Å². The lowest BCUT2D eigenvalue weighted by atomic mass is 10.2. The van der Waals surface area contributed by atoms with E-state index in [1.807, 2.05) is 0 Å². The van der Waals surface area contributed by atoms with Crippen molar-refractivity contribution >= 4 is 39.7 Å². The van der Waals surface area contributed by atoms with Crippen LogP contribution in [0.4, 0.5) is 13.2 Å². The number of rotatable bonds is 1. The number of alkyl halides is 3. The summed E-state index contributed by atoms with van der Waals surface area (Å²) in [6, 6.07) is 1.05. The maximum atomic E-state index is 12.0. The highest BCUT2D eigenvalue weighted by Crippen LogP contribution is 2.35. The lowest BCUT2D eigenvalue weighted by molar-refractivity contribution is -0.148. The van der Waals surface area contributed by atoms with E-state index in [2.05, 4.69) is 15.9 Å². The first kappa shape index (κ1) is 13.2. The van der Waals surface area contributed by atoms with Crippen LogP contribution in [0.3, 0.4) is 0 Å². The van der Waals surface area contributed by atoms with Gasteiger partial charge in [-0.25, -0.2) is 0 Å². The van der Waals surface area contributed by atoms with Crippen molar-refractivity contribution in [3.8, 4) is 0 Å². The maximum absolute atomic E-state index is 12.0. The summed E-state index contributed by atoms with van der Waals surface area (Å²) in [6.07, 6.45) is -4.36. The second-order valence-corrected chi connectivity index (χ2v) is 4.66. The first-order valence-corrected chi connectivity index (χ1v) is 4.60. The summed E-state index contributed by atoms with van der Waals surface area (Å²) in [4.78, 5) is 0.120. The van der Waals surface area contributed by atoms with Crippen LogP contribution in [0.2, 0.25) is 0 Å². The number of hydrogen-bond donors (Lipinski definition) is 1. The van der Waals surface area contributed by atoms with Gasteiger partial charge in [-0.15, -0.1) is 23.7 Å². The van der Waals surface area contributed by atoms with Crippen LogP contribution in [-0.4, -0.2) is 6.18 Å². The molecule has 0 aliphatic carbocycles. The fraction of sp³-hybridized carbons (Fsp3) is 0.333. The molecule has 0 aliphatic heterocycles. The highest BCUT2D eigenvalue weighted by atomic mass is 79.9. The van der Waals surface area contributed by atoms with Gasteiger partial charge in [-0.1, -0.05) is 0 Å². The number of nitrogens with two attached hydrogens (primary N) is 1. The van der Waals surface area contributed by atoms with Crippen LogP contribution in [-0.2, 0) is 0 Å². The van der Waals surface area contributed by atoms with Crippen LogP contribution in [0.15, 0.2) is 15.9 Å². The van der Waals surface area contributed by atoms with Crippen LogP contribution in [0.1, 0.15) is 10.9 Å². The third kappa shape index (κ3) is 3.46. The van der Waals surface area contributed by atoms with E-state index in [9.17, 15) is 13.2 Å². The minimum absolute atomic E-state index is 0. The van der Waals surface area contributed by atoms with E-state index in [1.54, 1.807) is 6.07 Å². The number of thiophene rings is 1. The van der Waals surface area contributed by atoms with Gasteiger partial charge in [-0.05, 0) is 28.1 Å². The van der Waals surface area contributed by atoms with Crippen molar-refractivity contribution in [2.24, 2.45) is 5.73 Å². The Morgan fingerprint density at radius 3 is 2.23 bits per heavy atom. The Morgan fingerprint density at radius 2 is 1.92 bits per heavy atom. The Kier molecular flexibility index (Phi) is 4.71. The van der Waals surface area contributed by atoms with Gasteiger partial charge in [0, 0.05) is 4.88 Å². The average molecular weight is 297 g/mol. The van der Waals surface area contributed by atoms with Crippen LogP contribution >= 0.6 is 39.7 Å². The van der Waals surface area contributed by atoms with Crippen molar-refractivity contribution in [1.29, 1.82) is 0 Å². The van der Waals surface area contributed by atoms with Crippen molar-refractivity contribution in [2.75, 3.05) is 0 Å². The van der Waals surface area contributed by atoms with Gasteiger partial charge in [0.25, 0.3) is 0 Å². The molecule has 1 atom stereocenters. The second kappa shape index (κ2) is 4.63. The Labute approximate surface area is 91.7 Å². The summed E-state index contributed by atoms with van der Waals surface area (Å²) in [7, 11) is 0. The zero-order valence-electron chi connectivity index (χ0n) is 6.14. The molecule has 1 heterocycles. The van der Waals surface area contributed by atoms with Crippen molar-refractivity contribution in [3.63, 3.8) is 0 Å². The van der Waals surface area contributed by atoms with E-state index in [-0.39, 0.29) is 17.3 Å².